The zero-order valence-corrected chi connectivity index (χ0v) is 14.1. The molecule has 0 fully saturated rings. The van der Waals surface area contributed by atoms with Gasteiger partial charge >= 0.3 is 0 Å². The Morgan fingerprint density at radius 2 is 1.76 bits per heavy atom. The van der Waals surface area contributed by atoms with Crippen LogP contribution in [0.1, 0.15) is 23.3 Å². The number of aliphatic hydroxyl groups excluding tert-OH is 1. The van der Waals surface area contributed by atoms with Crippen LogP contribution in [0.15, 0.2) is 67.0 Å². The van der Waals surface area contributed by atoms with Gasteiger partial charge < -0.3 is 14.2 Å². The number of para-hydroxylation sites is 2. The fraction of sp³-hybridized carbons (Fsp3) is 0.200. The molecule has 0 radical (unpaired) electrons. The Kier molecular flexibility index (Phi) is 4.07. The lowest BCUT2D eigenvalue weighted by molar-refractivity contribution is 0.204. The van der Waals surface area contributed by atoms with E-state index in [9.17, 15) is 5.11 Å². The molecule has 2 heterocycles. The van der Waals surface area contributed by atoms with E-state index in [-0.39, 0.29) is 0 Å². The van der Waals surface area contributed by atoms with Crippen molar-refractivity contribution in [3.8, 4) is 0 Å². The van der Waals surface area contributed by atoms with Crippen molar-refractivity contribution in [1.29, 1.82) is 0 Å². The van der Waals surface area contributed by atoms with Crippen molar-refractivity contribution < 1.29 is 5.11 Å². The van der Waals surface area contributed by atoms with Gasteiger partial charge in [-0.15, -0.1) is 0 Å². The summed E-state index contributed by atoms with van der Waals surface area (Å²) in [5.74, 6) is 1.65. The van der Waals surface area contributed by atoms with Crippen LogP contribution in [-0.2, 0) is 13.1 Å². The fourth-order valence-corrected chi connectivity index (χ4v) is 3.23. The molecule has 126 valence electrons. The summed E-state index contributed by atoms with van der Waals surface area (Å²) in [6.45, 7) is 3.52. The molecule has 4 rings (SSSR count). The van der Waals surface area contributed by atoms with Gasteiger partial charge in [-0.2, -0.15) is 0 Å². The molecule has 0 aliphatic heterocycles. The standard InChI is InChI=1S/C20H20N4O/c1-15-22-17-9-5-6-10-18(17)24(15)14-13-23-12-11-21-20(23)19(25)16-7-3-2-4-8-16/h2-12,19,25H,13-14H2,1H3/t19-/m1/s1. The lowest BCUT2D eigenvalue weighted by Gasteiger charge is -2.14. The SMILES string of the molecule is Cc1nc2ccccc2n1CCn1ccnc1[C@H](O)c1ccccc1. The van der Waals surface area contributed by atoms with E-state index in [1.165, 1.54) is 0 Å². The molecule has 2 aromatic carbocycles. The van der Waals surface area contributed by atoms with Crippen LogP contribution in [0.2, 0.25) is 0 Å². The summed E-state index contributed by atoms with van der Waals surface area (Å²) in [6.07, 6.45) is 2.92. The van der Waals surface area contributed by atoms with E-state index in [0.717, 1.165) is 35.5 Å². The third-order valence-corrected chi connectivity index (χ3v) is 4.52. The van der Waals surface area contributed by atoms with E-state index in [1.54, 1.807) is 6.20 Å². The Morgan fingerprint density at radius 3 is 2.60 bits per heavy atom. The molecule has 0 unspecified atom stereocenters. The van der Waals surface area contributed by atoms with Gasteiger partial charge in [-0.05, 0) is 24.6 Å². The summed E-state index contributed by atoms with van der Waals surface area (Å²) < 4.78 is 4.21. The Labute approximate surface area is 146 Å². The maximum Gasteiger partial charge on any atom is 0.142 e. The van der Waals surface area contributed by atoms with Crippen LogP contribution in [0.25, 0.3) is 11.0 Å². The van der Waals surface area contributed by atoms with Gasteiger partial charge in [0.15, 0.2) is 0 Å². The second-order valence-corrected chi connectivity index (χ2v) is 6.09. The molecule has 0 bridgehead atoms. The number of imidazole rings is 2. The molecule has 0 spiro atoms. The largest absolute Gasteiger partial charge is 0.380 e. The molecule has 2 aromatic heterocycles. The van der Waals surface area contributed by atoms with Crippen molar-refractivity contribution in [2.45, 2.75) is 26.1 Å². The molecule has 1 N–H and O–H groups in total. The highest BCUT2D eigenvalue weighted by molar-refractivity contribution is 5.75. The summed E-state index contributed by atoms with van der Waals surface area (Å²) >= 11 is 0. The predicted octanol–water partition coefficient (Wildman–Crippen LogP) is 3.32. The quantitative estimate of drug-likeness (QED) is 0.610. The van der Waals surface area contributed by atoms with Crippen LogP contribution in [0.4, 0.5) is 0 Å². The molecular weight excluding hydrogens is 312 g/mol. The Morgan fingerprint density at radius 1 is 1.00 bits per heavy atom. The summed E-state index contributed by atoms with van der Waals surface area (Å²) in [7, 11) is 0. The second kappa shape index (κ2) is 6.53. The maximum atomic E-state index is 10.6. The molecular formula is C20H20N4O. The topological polar surface area (TPSA) is 55.9 Å². The molecule has 25 heavy (non-hydrogen) atoms. The van der Waals surface area contributed by atoms with Crippen molar-refractivity contribution in [3.63, 3.8) is 0 Å². The average molecular weight is 332 g/mol. The number of fused-ring (bicyclic) bond motifs is 1. The van der Waals surface area contributed by atoms with Crippen molar-refractivity contribution in [1.82, 2.24) is 19.1 Å². The highest BCUT2D eigenvalue weighted by Gasteiger charge is 2.16. The van der Waals surface area contributed by atoms with Crippen LogP contribution in [0.5, 0.6) is 0 Å². The molecule has 1 atom stereocenters. The van der Waals surface area contributed by atoms with E-state index in [1.807, 2.05) is 66.2 Å². The number of aliphatic hydroxyl groups is 1. The van der Waals surface area contributed by atoms with E-state index < -0.39 is 6.10 Å². The predicted molar refractivity (Wildman–Crippen MR) is 97.2 cm³/mol. The number of aryl methyl sites for hydroxylation is 3. The Hall–Kier alpha value is -2.92. The number of nitrogens with zero attached hydrogens (tertiary/aromatic N) is 4. The summed E-state index contributed by atoms with van der Waals surface area (Å²) in [5, 5.41) is 10.6. The van der Waals surface area contributed by atoms with E-state index in [4.69, 9.17) is 0 Å². The molecule has 0 saturated carbocycles. The van der Waals surface area contributed by atoms with Crippen LogP contribution in [0, 0.1) is 6.92 Å². The van der Waals surface area contributed by atoms with E-state index in [2.05, 4.69) is 20.6 Å². The minimum atomic E-state index is -0.725. The van der Waals surface area contributed by atoms with E-state index in [0.29, 0.717) is 5.82 Å². The number of aromatic nitrogens is 4. The average Bonchev–Trinajstić information content (AvgIpc) is 3.23. The van der Waals surface area contributed by atoms with Gasteiger partial charge in [0.2, 0.25) is 0 Å². The van der Waals surface area contributed by atoms with Gasteiger partial charge in [-0.25, -0.2) is 9.97 Å². The monoisotopic (exact) mass is 332 g/mol. The summed E-state index contributed by atoms with van der Waals surface area (Å²) in [4.78, 5) is 8.97. The Bertz CT molecular complexity index is 987. The first-order valence-corrected chi connectivity index (χ1v) is 8.40. The second-order valence-electron chi connectivity index (χ2n) is 6.09. The lowest BCUT2D eigenvalue weighted by Crippen LogP contribution is -2.14. The highest BCUT2D eigenvalue weighted by Crippen LogP contribution is 2.21. The van der Waals surface area contributed by atoms with Crippen molar-refractivity contribution in [3.05, 3.63) is 84.2 Å². The maximum absolute atomic E-state index is 10.6. The number of hydrogen-bond acceptors (Lipinski definition) is 3. The van der Waals surface area contributed by atoms with Crippen LogP contribution in [-0.4, -0.2) is 24.2 Å². The third kappa shape index (κ3) is 2.94. The van der Waals surface area contributed by atoms with Gasteiger partial charge in [0.25, 0.3) is 0 Å². The van der Waals surface area contributed by atoms with Gasteiger partial charge in [0.05, 0.1) is 11.0 Å². The number of rotatable bonds is 5. The minimum Gasteiger partial charge on any atom is -0.380 e. The first kappa shape index (κ1) is 15.6. The molecule has 0 aliphatic rings. The molecule has 5 nitrogen and oxygen atoms in total. The summed E-state index contributed by atoms with van der Waals surface area (Å²) in [5.41, 5.74) is 2.99. The first-order chi connectivity index (χ1) is 12.2. The highest BCUT2D eigenvalue weighted by atomic mass is 16.3. The van der Waals surface area contributed by atoms with Gasteiger partial charge in [-0.3, -0.25) is 0 Å². The summed E-state index contributed by atoms with van der Waals surface area (Å²) in [6, 6.07) is 17.8. The van der Waals surface area contributed by atoms with E-state index >= 15 is 0 Å². The molecule has 0 amide bonds. The van der Waals surface area contributed by atoms with Crippen LogP contribution in [0.3, 0.4) is 0 Å². The van der Waals surface area contributed by atoms with Gasteiger partial charge in [0.1, 0.15) is 17.8 Å². The number of hydrogen-bond donors (Lipinski definition) is 1. The van der Waals surface area contributed by atoms with Crippen molar-refractivity contribution >= 4 is 11.0 Å². The van der Waals surface area contributed by atoms with Crippen LogP contribution >= 0.6 is 0 Å². The first-order valence-electron chi connectivity index (χ1n) is 8.40. The molecule has 4 aromatic rings. The smallest absolute Gasteiger partial charge is 0.142 e. The zero-order chi connectivity index (χ0) is 17.2. The molecule has 5 heteroatoms. The number of benzene rings is 2. The van der Waals surface area contributed by atoms with Crippen LogP contribution < -0.4 is 0 Å². The van der Waals surface area contributed by atoms with Gasteiger partial charge in [0, 0.05) is 25.5 Å². The molecule has 0 aliphatic carbocycles. The van der Waals surface area contributed by atoms with Crippen molar-refractivity contribution in [2.75, 3.05) is 0 Å². The van der Waals surface area contributed by atoms with Gasteiger partial charge in [-0.1, -0.05) is 42.5 Å². The Balaban J connectivity index is 1.58. The minimum absolute atomic E-state index is 0.660. The third-order valence-electron chi connectivity index (χ3n) is 4.52. The normalized spacial score (nSPS) is 12.6. The molecule has 0 saturated heterocycles. The zero-order valence-electron chi connectivity index (χ0n) is 14.1. The fourth-order valence-electron chi connectivity index (χ4n) is 3.23. The van der Waals surface area contributed by atoms with Crippen molar-refractivity contribution in [2.24, 2.45) is 0 Å². The lowest BCUT2D eigenvalue weighted by atomic mass is 10.1.